The van der Waals surface area contributed by atoms with E-state index in [9.17, 15) is 4.79 Å². The summed E-state index contributed by atoms with van der Waals surface area (Å²) in [6.45, 7) is 2.44. The number of pyridine rings is 1. The number of hydrogen-bond donors (Lipinski definition) is 1. The molecule has 0 fully saturated rings. The van der Waals surface area contributed by atoms with Crippen molar-refractivity contribution in [3.63, 3.8) is 0 Å². The van der Waals surface area contributed by atoms with Crippen LogP contribution in [0.2, 0.25) is 0 Å². The van der Waals surface area contributed by atoms with Crippen molar-refractivity contribution < 1.29 is 4.79 Å². The zero-order chi connectivity index (χ0) is 13.2. The van der Waals surface area contributed by atoms with E-state index in [1.165, 1.54) is 16.9 Å². The van der Waals surface area contributed by atoms with Gasteiger partial charge in [-0.05, 0) is 49.9 Å². The van der Waals surface area contributed by atoms with Crippen molar-refractivity contribution in [1.29, 1.82) is 0 Å². The highest BCUT2D eigenvalue weighted by atomic mass is 32.1. The van der Waals surface area contributed by atoms with Gasteiger partial charge in [0.2, 0.25) is 0 Å². The number of fused-ring (bicyclic) bond motifs is 1. The van der Waals surface area contributed by atoms with Gasteiger partial charge in [0, 0.05) is 10.6 Å². The third kappa shape index (κ3) is 2.68. The van der Waals surface area contributed by atoms with Crippen molar-refractivity contribution in [2.45, 2.75) is 32.7 Å². The van der Waals surface area contributed by atoms with Crippen LogP contribution in [-0.2, 0) is 19.4 Å². The maximum atomic E-state index is 12.1. The highest BCUT2D eigenvalue weighted by Gasteiger charge is 2.18. The summed E-state index contributed by atoms with van der Waals surface area (Å²) >= 11 is 1.64. The first-order valence-electron chi connectivity index (χ1n) is 6.55. The summed E-state index contributed by atoms with van der Waals surface area (Å²) in [6, 6.07) is 7.90. The maximum absolute atomic E-state index is 12.1. The molecule has 2 heterocycles. The molecular formula is C15H16N2OS. The summed E-state index contributed by atoms with van der Waals surface area (Å²) < 4.78 is 0. The van der Waals surface area contributed by atoms with Crippen LogP contribution in [0.5, 0.6) is 0 Å². The van der Waals surface area contributed by atoms with Crippen molar-refractivity contribution >= 4 is 17.2 Å². The number of amides is 1. The lowest BCUT2D eigenvalue weighted by molar-refractivity contribution is 0.0954. The minimum absolute atomic E-state index is 0.0164. The van der Waals surface area contributed by atoms with Crippen molar-refractivity contribution in [3.8, 4) is 0 Å². The topological polar surface area (TPSA) is 42.0 Å². The van der Waals surface area contributed by atoms with Gasteiger partial charge in [-0.15, -0.1) is 11.3 Å². The molecule has 2 aromatic heterocycles. The number of rotatable bonds is 3. The monoisotopic (exact) mass is 272 g/mol. The summed E-state index contributed by atoms with van der Waals surface area (Å²) in [5.74, 6) is 0.0164. The zero-order valence-corrected chi connectivity index (χ0v) is 11.7. The van der Waals surface area contributed by atoms with Crippen LogP contribution in [0, 0.1) is 6.92 Å². The van der Waals surface area contributed by atoms with E-state index in [1.54, 1.807) is 11.3 Å². The summed E-state index contributed by atoms with van der Waals surface area (Å²) in [5, 5.41) is 2.94. The molecule has 0 saturated heterocycles. The number of nitrogens with zero attached hydrogens (tertiary/aromatic N) is 1. The fourth-order valence-electron chi connectivity index (χ4n) is 2.40. The predicted molar refractivity (Wildman–Crippen MR) is 76.5 cm³/mol. The number of aryl methyl sites for hydroxylation is 3. The van der Waals surface area contributed by atoms with Crippen LogP contribution in [-0.4, -0.2) is 10.9 Å². The molecule has 0 aliphatic heterocycles. The van der Waals surface area contributed by atoms with Crippen molar-refractivity contribution in [2.24, 2.45) is 0 Å². The molecule has 0 aromatic carbocycles. The summed E-state index contributed by atoms with van der Waals surface area (Å²) in [7, 11) is 0. The SMILES string of the molecule is Cc1cccc(CNC(=O)c2cc3c(s2)CCC3)n1. The fourth-order valence-corrected chi connectivity index (χ4v) is 3.57. The van der Waals surface area contributed by atoms with Crippen molar-refractivity contribution in [3.05, 3.63) is 51.0 Å². The molecule has 0 radical (unpaired) electrons. The first-order valence-corrected chi connectivity index (χ1v) is 7.36. The van der Waals surface area contributed by atoms with E-state index in [2.05, 4.69) is 10.3 Å². The Kier molecular flexibility index (Phi) is 3.34. The number of aromatic nitrogens is 1. The molecule has 1 N–H and O–H groups in total. The van der Waals surface area contributed by atoms with Gasteiger partial charge in [-0.25, -0.2) is 0 Å². The van der Waals surface area contributed by atoms with Crippen LogP contribution in [0.4, 0.5) is 0 Å². The third-order valence-corrected chi connectivity index (χ3v) is 4.58. The fraction of sp³-hybridized carbons (Fsp3) is 0.333. The molecule has 1 aliphatic carbocycles. The average molecular weight is 272 g/mol. The Hall–Kier alpha value is -1.68. The van der Waals surface area contributed by atoms with Crippen LogP contribution >= 0.6 is 11.3 Å². The van der Waals surface area contributed by atoms with Crippen LogP contribution in [0.25, 0.3) is 0 Å². The predicted octanol–water partition coefficient (Wildman–Crippen LogP) is 2.87. The smallest absolute Gasteiger partial charge is 0.261 e. The summed E-state index contributed by atoms with van der Waals surface area (Å²) in [4.78, 5) is 18.7. The highest BCUT2D eigenvalue weighted by molar-refractivity contribution is 7.14. The molecule has 1 amide bonds. The number of thiophene rings is 1. The second kappa shape index (κ2) is 5.13. The molecule has 2 aromatic rings. The van der Waals surface area contributed by atoms with Gasteiger partial charge in [0.1, 0.15) is 0 Å². The number of hydrogen-bond acceptors (Lipinski definition) is 3. The van der Waals surface area contributed by atoms with Crippen molar-refractivity contribution in [1.82, 2.24) is 10.3 Å². The van der Waals surface area contributed by atoms with E-state index in [0.29, 0.717) is 6.54 Å². The summed E-state index contributed by atoms with van der Waals surface area (Å²) in [5.41, 5.74) is 3.24. The lowest BCUT2D eigenvalue weighted by atomic mass is 10.2. The maximum Gasteiger partial charge on any atom is 0.261 e. The zero-order valence-electron chi connectivity index (χ0n) is 10.9. The van der Waals surface area contributed by atoms with Gasteiger partial charge in [-0.1, -0.05) is 6.07 Å². The molecule has 1 aliphatic rings. The Balaban J connectivity index is 1.65. The summed E-state index contributed by atoms with van der Waals surface area (Å²) in [6.07, 6.45) is 3.49. The molecule has 98 valence electrons. The Labute approximate surface area is 116 Å². The van der Waals surface area contributed by atoms with Gasteiger partial charge in [-0.3, -0.25) is 9.78 Å². The molecule has 19 heavy (non-hydrogen) atoms. The Morgan fingerprint density at radius 3 is 3.11 bits per heavy atom. The van der Waals surface area contributed by atoms with Gasteiger partial charge in [-0.2, -0.15) is 0 Å². The molecule has 3 nitrogen and oxygen atoms in total. The van der Waals surface area contributed by atoms with Gasteiger partial charge in [0.05, 0.1) is 17.1 Å². The molecule has 0 unspecified atom stereocenters. The number of carbonyl (C=O) groups is 1. The highest BCUT2D eigenvalue weighted by Crippen LogP contribution is 2.30. The second-order valence-corrected chi connectivity index (χ2v) is 6.00. The molecule has 0 spiro atoms. The van der Waals surface area contributed by atoms with Crippen LogP contribution in [0.3, 0.4) is 0 Å². The van der Waals surface area contributed by atoms with Crippen LogP contribution in [0.1, 0.15) is 37.9 Å². The average Bonchev–Trinajstić information content (AvgIpc) is 2.96. The molecular weight excluding hydrogens is 256 g/mol. The van der Waals surface area contributed by atoms with E-state index in [1.807, 2.05) is 31.2 Å². The Morgan fingerprint density at radius 2 is 2.32 bits per heavy atom. The second-order valence-electron chi connectivity index (χ2n) is 4.87. The minimum atomic E-state index is 0.0164. The Morgan fingerprint density at radius 1 is 1.42 bits per heavy atom. The van der Waals surface area contributed by atoms with Gasteiger partial charge in [0.25, 0.3) is 5.91 Å². The number of nitrogens with one attached hydrogen (secondary N) is 1. The third-order valence-electron chi connectivity index (χ3n) is 3.35. The molecule has 3 rings (SSSR count). The van der Waals surface area contributed by atoms with Gasteiger partial charge < -0.3 is 5.32 Å². The Bertz CT molecular complexity index is 597. The van der Waals surface area contributed by atoms with Gasteiger partial charge in [0.15, 0.2) is 0 Å². The lowest BCUT2D eigenvalue weighted by Crippen LogP contribution is -2.22. The standard InChI is InChI=1S/C15H16N2OS/c1-10-4-2-6-12(17-10)9-16-15(18)14-8-11-5-3-7-13(11)19-14/h2,4,6,8H,3,5,7,9H2,1H3,(H,16,18). The molecule has 0 bridgehead atoms. The van der Waals surface area contributed by atoms with E-state index < -0.39 is 0 Å². The quantitative estimate of drug-likeness (QED) is 0.933. The van der Waals surface area contributed by atoms with Crippen molar-refractivity contribution in [2.75, 3.05) is 0 Å². The first-order chi connectivity index (χ1) is 9.22. The van der Waals surface area contributed by atoms with E-state index in [4.69, 9.17) is 0 Å². The molecule has 0 saturated carbocycles. The van der Waals surface area contributed by atoms with Gasteiger partial charge >= 0.3 is 0 Å². The normalized spacial score (nSPS) is 13.3. The van der Waals surface area contributed by atoms with Crippen LogP contribution in [0.15, 0.2) is 24.3 Å². The van der Waals surface area contributed by atoms with E-state index >= 15 is 0 Å². The first kappa shape index (κ1) is 12.4. The van der Waals surface area contributed by atoms with E-state index in [0.717, 1.165) is 29.1 Å². The lowest BCUT2D eigenvalue weighted by Gasteiger charge is -2.04. The number of carbonyl (C=O) groups excluding carboxylic acids is 1. The minimum Gasteiger partial charge on any atom is -0.346 e. The molecule has 0 atom stereocenters. The van der Waals surface area contributed by atoms with E-state index in [-0.39, 0.29) is 5.91 Å². The van der Waals surface area contributed by atoms with Crippen LogP contribution < -0.4 is 5.32 Å². The molecule has 4 heteroatoms. The largest absolute Gasteiger partial charge is 0.346 e.